The largest absolute Gasteiger partial charge is 0.507 e. The predicted molar refractivity (Wildman–Crippen MR) is 123 cm³/mol. The van der Waals surface area contributed by atoms with Crippen LogP contribution in [-0.4, -0.2) is 23.4 Å². The molecule has 4 rings (SSSR count). The van der Waals surface area contributed by atoms with Crippen molar-refractivity contribution in [3.63, 3.8) is 0 Å². The van der Waals surface area contributed by atoms with Gasteiger partial charge in [-0.2, -0.15) is 0 Å². The molecular formula is C24H20ClNO4S. The van der Waals surface area contributed by atoms with E-state index in [1.165, 1.54) is 16.2 Å². The number of thiophene rings is 1. The van der Waals surface area contributed by atoms with E-state index in [2.05, 4.69) is 0 Å². The molecule has 2 aromatic carbocycles. The summed E-state index contributed by atoms with van der Waals surface area (Å²) < 4.78 is 5.45. The number of carbonyl (C=O) groups is 2. The van der Waals surface area contributed by atoms with Gasteiger partial charge in [0.15, 0.2) is 0 Å². The maximum Gasteiger partial charge on any atom is 0.300 e. The lowest BCUT2D eigenvalue weighted by Crippen LogP contribution is -2.29. The number of benzene rings is 2. The van der Waals surface area contributed by atoms with Gasteiger partial charge >= 0.3 is 0 Å². The monoisotopic (exact) mass is 453 g/mol. The van der Waals surface area contributed by atoms with E-state index in [-0.39, 0.29) is 11.3 Å². The Hall–Kier alpha value is -3.09. The number of rotatable bonds is 5. The number of Topliss-reactive ketones (excluding diaryl/α,β-unsaturated/α-hetero) is 1. The molecule has 1 atom stereocenters. The fraction of sp³-hybridized carbons (Fsp3) is 0.167. The number of hydrogen-bond donors (Lipinski definition) is 1. The van der Waals surface area contributed by atoms with Crippen molar-refractivity contribution in [2.24, 2.45) is 0 Å². The molecule has 158 valence electrons. The Labute approximate surface area is 189 Å². The highest BCUT2D eigenvalue weighted by molar-refractivity contribution is 7.10. The number of ether oxygens (including phenoxy) is 1. The van der Waals surface area contributed by atoms with Gasteiger partial charge in [0.2, 0.25) is 0 Å². The molecule has 3 aromatic rings. The van der Waals surface area contributed by atoms with Crippen LogP contribution in [0.3, 0.4) is 0 Å². The van der Waals surface area contributed by atoms with Gasteiger partial charge in [0, 0.05) is 21.2 Å². The Kier molecular flexibility index (Phi) is 5.85. The molecule has 0 bridgehead atoms. The second-order valence-electron chi connectivity index (χ2n) is 7.07. The number of aliphatic hydroxyl groups is 1. The summed E-state index contributed by atoms with van der Waals surface area (Å²) in [7, 11) is 0. The molecular weight excluding hydrogens is 434 g/mol. The third kappa shape index (κ3) is 3.84. The molecule has 0 spiro atoms. The number of amides is 1. The van der Waals surface area contributed by atoms with Crippen LogP contribution in [0.4, 0.5) is 5.69 Å². The molecule has 1 unspecified atom stereocenters. The molecule has 0 aliphatic carbocycles. The predicted octanol–water partition coefficient (Wildman–Crippen LogP) is 5.73. The van der Waals surface area contributed by atoms with Crippen molar-refractivity contribution >= 4 is 46.1 Å². The van der Waals surface area contributed by atoms with E-state index < -0.39 is 17.7 Å². The molecule has 0 radical (unpaired) electrons. The van der Waals surface area contributed by atoms with Gasteiger partial charge in [0.1, 0.15) is 17.6 Å². The van der Waals surface area contributed by atoms with Crippen LogP contribution in [0.5, 0.6) is 5.75 Å². The number of carbonyl (C=O) groups excluding carboxylic acids is 2. The standard InChI is InChI=1S/C24H20ClNO4S/c1-3-30-18-9-7-15(8-10-18)21(27)19-20(23-14(2)11-12-31-23)26(24(29)22(19)28)17-6-4-5-16(25)13-17/h4-13,20,27H,3H2,1-2H3/b21-19-. The number of aliphatic hydroxyl groups excluding tert-OH is 1. The molecule has 1 aliphatic rings. The fourth-order valence-electron chi connectivity index (χ4n) is 3.67. The molecule has 1 aromatic heterocycles. The zero-order chi connectivity index (χ0) is 22.1. The molecule has 31 heavy (non-hydrogen) atoms. The van der Waals surface area contributed by atoms with E-state index in [0.717, 1.165) is 10.4 Å². The molecule has 7 heteroatoms. The minimum absolute atomic E-state index is 0.0553. The summed E-state index contributed by atoms with van der Waals surface area (Å²) >= 11 is 7.59. The van der Waals surface area contributed by atoms with Crippen molar-refractivity contribution in [1.29, 1.82) is 0 Å². The highest BCUT2D eigenvalue weighted by Gasteiger charge is 2.47. The normalized spacial score (nSPS) is 17.9. The highest BCUT2D eigenvalue weighted by atomic mass is 35.5. The summed E-state index contributed by atoms with van der Waals surface area (Å²) in [5, 5.41) is 13.5. The number of hydrogen-bond acceptors (Lipinski definition) is 5. The second kappa shape index (κ2) is 8.57. The minimum Gasteiger partial charge on any atom is -0.507 e. The number of ketones is 1. The quantitative estimate of drug-likeness (QED) is 0.304. The SMILES string of the molecule is CCOc1ccc(/C(O)=C2/C(=O)C(=O)N(c3cccc(Cl)c3)C2c2sccc2C)cc1. The van der Waals surface area contributed by atoms with Gasteiger partial charge in [-0.05, 0) is 73.3 Å². The van der Waals surface area contributed by atoms with Crippen LogP contribution in [0.25, 0.3) is 5.76 Å². The Bertz CT molecular complexity index is 1180. The maximum atomic E-state index is 13.1. The lowest BCUT2D eigenvalue weighted by Gasteiger charge is -2.25. The summed E-state index contributed by atoms with van der Waals surface area (Å²) in [6.07, 6.45) is 0. The number of nitrogens with zero attached hydrogens (tertiary/aromatic N) is 1. The van der Waals surface area contributed by atoms with E-state index in [4.69, 9.17) is 16.3 Å². The van der Waals surface area contributed by atoms with Gasteiger partial charge in [-0.15, -0.1) is 11.3 Å². The Balaban J connectivity index is 1.89. The van der Waals surface area contributed by atoms with Gasteiger partial charge < -0.3 is 9.84 Å². The fourth-order valence-corrected chi connectivity index (χ4v) is 4.88. The van der Waals surface area contributed by atoms with E-state index >= 15 is 0 Å². The van der Waals surface area contributed by atoms with Crippen LogP contribution in [0.2, 0.25) is 5.02 Å². The average molecular weight is 454 g/mol. The topological polar surface area (TPSA) is 66.8 Å². The molecule has 1 N–H and O–H groups in total. The summed E-state index contributed by atoms with van der Waals surface area (Å²) in [5.41, 5.74) is 1.92. The van der Waals surface area contributed by atoms with Crippen molar-refractivity contribution in [3.05, 3.63) is 86.6 Å². The van der Waals surface area contributed by atoms with E-state index in [1.807, 2.05) is 25.3 Å². The lowest BCUT2D eigenvalue weighted by atomic mass is 9.98. The van der Waals surface area contributed by atoms with Crippen LogP contribution in [0.15, 0.2) is 65.6 Å². The average Bonchev–Trinajstić information content (AvgIpc) is 3.29. The lowest BCUT2D eigenvalue weighted by molar-refractivity contribution is -0.132. The Morgan fingerprint density at radius 2 is 1.90 bits per heavy atom. The number of aryl methyl sites for hydroxylation is 1. The van der Waals surface area contributed by atoms with E-state index in [1.54, 1.807) is 48.5 Å². The minimum atomic E-state index is -0.745. The second-order valence-corrected chi connectivity index (χ2v) is 8.46. The smallest absolute Gasteiger partial charge is 0.300 e. The molecule has 0 saturated carbocycles. The van der Waals surface area contributed by atoms with E-state index in [9.17, 15) is 14.7 Å². The Morgan fingerprint density at radius 1 is 1.16 bits per heavy atom. The third-order valence-corrected chi connectivity index (χ3v) is 6.43. The number of halogens is 1. The van der Waals surface area contributed by atoms with Crippen LogP contribution in [0.1, 0.15) is 29.0 Å². The van der Waals surface area contributed by atoms with Crippen molar-refractivity contribution in [2.75, 3.05) is 11.5 Å². The van der Waals surface area contributed by atoms with Gasteiger partial charge in [-0.1, -0.05) is 17.7 Å². The first-order valence-corrected chi connectivity index (χ1v) is 11.0. The van der Waals surface area contributed by atoms with Crippen molar-refractivity contribution < 1.29 is 19.4 Å². The zero-order valence-corrected chi connectivity index (χ0v) is 18.5. The van der Waals surface area contributed by atoms with Crippen molar-refractivity contribution in [1.82, 2.24) is 0 Å². The zero-order valence-electron chi connectivity index (χ0n) is 17.0. The number of anilines is 1. The van der Waals surface area contributed by atoms with Crippen molar-refractivity contribution in [3.8, 4) is 5.75 Å². The third-order valence-electron chi connectivity index (χ3n) is 5.12. The maximum absolute atomic E-state index is 13.1. The van der Waals surface area contributed by atoms with Gasteiger partial charge in [-0.3, -0.25) is 14.5 Å². The summed E-state index contributed by atoms with van der Waals surface area (Å²) in [6.45, 7) is 4.32. The molecule has 1 fully saturated rings. The van der Waals surface area contributed by atoms with Gasteiger partial charge in [-0.25, -0.2) is 0 Å². The van der Waals surface area contributed by atoms with Gasteiger partial charge in [0.25, 0.3) is 11.7 Å². The first kappa shape index (κ1) is 21.2. The molecule has 1 amide bonds. The molecule has 1 saturated heterocycles. The molecule has 1 aliphatic heterocycles. The van der Waals surface area contributed by atoms with Gasteiger partial charge in [0.05, 0.1) is 12.2 Å². The van der Waals surface area contributed by atoms with E-state index in [0.29, 0.717) is 28.6 Å². The summed E-state index contributed by atoms with van der Waals surface area (Å²) in [4.78, 5) is 28.4. The summed E-state index contributed by atoms with van der Waals surface area (Å²) in [6, 6.07) is 14.8. The molecule has 5 nitrogen and oxygen atoms in total. The van der Waals surface area contributed by atoms with Crippen LogP contribution < -0.4 is 9.64 Å². The first-order valence-electron chi connectivity index (χ1n) is 9.76. The van der Waals surface area contributed by atoms with Crippen LogP contribution in [-0.2, 0) is 9.59 Å². The van der Waals surface area contributed by atoms with Crippen molar-refractivity contribution in [2.45, 2.75) is 19.9 Å². The Morgan fingerprint density at radius 3 is 2.52 bits per heavy atom. The summed E-state index contributed by atoms with van der Waals surface area (Å²) in [5.74, 6) is -0.996. The first-order chi connectivity index (χ1) is 14.9. The molecule has 2 heterocycles. The van der Waals surface area contributed by atoms with Crippen LogP contribution >= 0.6 is 22.9 Å². The van der Waals surface area contributed by atoms with Crippen LogP contribution in [0, 0.1) is 6.92 Å². The highest BCUT2D eigenvalue weighted by Crippen LogP contribution is 2.45.